The number of unbranched alkanes of at least 4 members (excludes halogenated alkanes) is 1. The summed E-state index contributed by atoms with van der Waals surface area (Å²) in [6.07, 6.45) is -0.804. The van der Waals surface area contributed by atoms with Gasteiger partial charge in [0.25, 0.3) is 0 Å². The lowest BCUT2D eigenvalue weighted by molar-refractivity contribution is -0.137. The van der Waals surface area contributed by atoms with E-state index in [4.69, 9.17) is 0 Å². The second-order valence-corrected chi connectivity index (χ2v) is 7.48. The number of hydrogen-bond donors (Lipinski definition) is 0. The first-order valence-electron chi connectivity index (χ1n) is 10.4. The molecule has 3 aromatic carbocycles. The average Bonchev–Trinajstić information content (AvgIpc) is 2.77. The highest BCUT2D eigenvalue weighted by Crippen LogP contribution is 2.29. The molecule has 0 aromatic heterocycles. The van der Waals surface area contributed by atoms with E-state index in [1.165, 1.54) is 30.5 Å². The van der Waals surface area contributed by atoms with Crippen LogP contribution in [0.15, 0.2) is 72.8 Å². The Morgan fingerprint density at radius 2 is 1.13 bits per heavy atom. The van der Waals surface area contributed by atoms with Crippen LogP contribution in [0.3, 0.4) is 0 Å². The van der Waals surface area contributed by atoms with E-state index in [0.717, 1.165) is 40.8 Å². The molecule has 0 amide bonds. The van der Waals surface area contributed by atoms with Crippen LogP contribution in [0.5, 0.6) is 0 Å². The number of halogens is 3. The van der Waals surface area contributed by atoms with Crippen LogP contribution in [0.4, 0.5) is 13.2 Å². The fourth-order valence-electron chi connectivity index (χ4n) is 3.09. The number of alkyl halides is 3. The molecule has 159 valence electrons. The highest BCUT2D eigenvalue weighted by Gasteiger charge is 2.29. The minimum Gasteiger partial charge on any atom is -0.232 e. The largest absolute Gasteiger partial charge is 0.416 e. The Bertz CT molecular complexity index is 1010. The second kappa shape index (κ2) is 10.8. The minimum atomic E-state index is -4.31. The van der Waals surface area contributed by atoms with E-state index in [9.17, 15) is 13.2 Å². The predicted octanol–water partition coefficient (Wildman–Crippen LogP) is 6.75. The summed E-state index contributed by atoms with van der Waals surface area (Å²) in [4.78, 5) is 0. The van der Waals surface area contributed by atoms with Gasteiger partial charge in [-0.05, 0) is 65.9 Å². The summed E-state index contributed by atoms with van der Waals surface area (Å²) in [6, 6.07) is 21.4. The number of hydrogen-bond acceptors (Lipinski definition) is 0. The van der Waals surface area contributed by atoms with Gasteiger partial charge in [-0.25, -0.2) is 5.32 Å². The lowest BCUT2D eigenvalue weighted by Crippen LogP contribution is -2.07. The van der Waals surface area contributed by atoms with Gasteiger partial charge < -0.3 is 0 Å². The molecule has 0 aliphatic carbocycles. The van der Waals surface area contributed by atoms with E-state index >= 15 is 0 Å². The van der Waals surface area contributed by atoms with E-state index in [2.05, 4.69) is 48.3 Å². The zero-order valence-corrected chi connectivity index (χ0v) is 17.5. The molecule has 3 aromatic rings. The molecule has 31 heavy (non-hydrogen) atoms. The van der Waals surface area contributed by atoms with Gasteiger partial charge in [-0.1, -0.05) is 61.6 Å². The maximum atomic E-state index is 12.6. The van der Waals surface area contributed by atoms with Crippen molar-refractivity contribution in [2.75, 3.05) is 0 Å². The summed E-state index contributed by atoms with van der Waals surface area (Å²) < 4.78 is 37.8. The Morgan fingerprint density at radius 1 is 0.677 bits per heavy atom. The van der Waals surface area contributed by atoms with E-state index < -0.39 is 11.7 Å². The van der Waals surface area contributed by atoms with Crippen LogP contribution in [-0.2, 0) is 25.7 Å². The van der Waals surface area contributed by atoms with Gasteiger partial charge in [0.15, 0.2) is 0 Å². The Kier molecular flexibility index (Phi) is 7.92. The first-order valence-corrected chi connectivity index (χ1v) is 10.4. The normalized spacial score (nSPS) is 11.1. The zero-order chi connectivity index (χ0) is 22.1. The summed E-state index contributed by atoms with van der Waals surface area (Å²) in [5.74, 6) is 6.37. The molecule has 0 unspecified atom stereocenters. The van der Waals surface area contributed by atoms with Crippen molar-refractivity contribution in [2.24, 2.45) is 0 Å². The molecule has 1 radical (unpaired) electrons. The first kappa shape index (κ1) is 22.7. The van der Waals surface area contributed by atoms with Crippen molar-refractivity contribution < 1.29 is 13.2 Å². The molecule has 0 saturated carbocycles. The number of nitrogens with zero attached hydrogens (tertiary/aromatic N) is 1. The molecule has 0 heterocycles. The molecule has 0 spiro atoms. The summed E-state index contributed by atoms with van der Waals surface area (Å²) in [7, 11) is 0. The van der Waals surface area contributed by atoms with Crippen molar-refractivity contribution in [2.45, 2.75) is 45.5 Å². The third kappa shape index (κ3) is 7.31. The number of aryl methyl sites for hydroxylation is 1. The average molecular weight is 420 g/mol. The summed E-state index contributed by atoms with van der Waals surface area (Å²) >= 11 is 0. The molecule has 1 nitrogen and oxygen atoms in total. The predicted molar refractivity (Wildman–Crippen MR) is 118 cm³/mol. The standard InChI is InChI=1S/C27H25F3N/c1-2-3-4-21-5-7-22(8-6-21)9-10-23-11-13-24(14-12-23)19-31-20-25-15-17-26(18-16-25)27(28,29)30/h5-8,11-18H,2-4,19-20H2,1H3. The smallest absolute Gasteiger partial charge is 0.232 e. The second-order valence-electron chi connectivity index (χ2n) is 7.48. The third-order valence-electron chi connectivity index (χ3n) is 4.95. The van der Waals surface area contributed by atoms with Crippen LogP contribution in [-0.4, -0.2) is 0 Å². The Hall–Kier alpha value is -3.03. The van der Waals surface area contributed by atoms with Crippen molar-refractivity contribution in [3.05, 3.63) is 106 Å². The van der Waals surface area contributed by atoms with Gasteiger partial charge in [0.2, 0.25) is 0 Å². The van der Waals surface area contributed by atoms with Gasteiger partial charge >= 0.3 is 6.18 Å². The Balaban J connectivity index is 1.49. The lowest BCUT2D eigenvalue weighted by atomic mass is 10.1. The molecule has 0 bridgehead atoms. The fraction of sp³-hybridized carbons (Fsp3) is 0.259. The molecular formula is C27H25F3N. The topological polar surface area (TPSA) is 14.1 Å². The van der Waals surface area contributed by atoms with Crippen LogP contribution in [0.1, 0.15) is 53.1 Å². The first-order chi connectivity index (χ1) is 14.9. The summed E-state index contributed by atoms with van der Waals surface area (Å²) in [5.41, 5.74) is 4.43. The molecule has 3 rings (SSSR count). The molecule has 0 aliphatic rings. The van der Waals surface area contributed by atoms with Gasteiger partial charge in [0, 0.05) is 24.2 Å². The van der Waals surface area contributed by atoms with Crippen molar-refractivity contribution >= 4 is 0 Å². The van der Waals surface area contributed by atoms with Crippen LogP contribution < -0.4 is 5.32 Å². The van der Waals surface area contributed by atoms with E-state index in [-0.39, 0.29) is 0 Å². The van der Waals surface area contributed by atoms with Crippen LogP contribution in [0, 0.1) is 11.8 Å². The van der Waals surface area contributed by atoms with Crippen molar-refractivity contribution in [1.82, 2.24) is 5.32 Å². The SMILES string of the molecule is CCCCc1ccc(C#Cc2ccc(C[N]Cc3ccc(C(F)(F)F)cc3)cc2)cc1. The fourth-order valence-corrected chi connectivity index (χ4v) is 3.09. The van der Waals surface area contributed by atoms with Crippen LogP contribution in [0.25, 0.3) is 0 Å². The molecule has 0 N–H and O–H groups in total. The van der Waals surface area contributed by atoms with Gasteiger partial charge in [0.05, 0.1) is 5.56 Å². The van der Waals surface area contributed by atoms with Crippen molar-refractivity contribution in [3.63, 3.8) is 0 Å². The molecule has 0 aliphatic heterocycles. The number of benzene rings is 3. The lowest BCUT2D eigenvalue weighted by Gasteiger charge is -2.08. The van der Waals surface area contributed by atoms with Gasteiger partial charge in [-0.3, -0.25) is 0 Å². The van der Waals surface area contributed by atoms with Gasteiger partial charge in [-0.2, -0.15) is 13.2 Å². The zero-order valence-electron chi connectivity index (χ0n) is 17.5. The Labute approximate surface area is 182 Å². The monoisotopic (exact) mass is 420 g/mol. The highest BCUT2D eigenvalue weighted by atomic mass is 19.4. The van der Waals surface area contributed by atoms with Crippen molar-refractivity contribution in [3.8, 4) is 11.8 Å². The Morgan fingerprint density at radius 3 is 1.58 bits per heavy atom. The molecule has 4 heteroatoms. The highest BCUT2D eigenvalue weighted by molar-refractivity contribution is 5.44. The van der Waals surface area contributed by atoms with E-state index in [1.807, 2.05) is 24.3 Å². The summed E-state index contributed by atoms with van der Waals surface area (Å²) in [5, 5.41) is 4.44. The van der Waals surface area contributed by atoms with E-state index in [1.54, 1.807) is 0 Å². The van der Waals surface area contributed by atoms with Crippen LogP contribution >= 0.6 is 0 Å². The minimum absolute atomic E-state index is 0.383. The maximum Gasteiger partial charge on any atom is 0.416 e. The molecule has 0 saturated heterocycles. The van der Waals surface area contributed by atoms with Gasteiger partial charge in [0.1, 0.15) is 0 Å². The maximum absolute atomic E-state index is 12.6. The van der Waals surface area contributed by atoms with Crippen molar-refractivity contribution in [1.29, 1.82) is 0 Å². The molecular weight excluding hydrogens is 395 g/mol. The molecule has 0 atom stereocenters. The number of rotatable bonds is 7. The third-order valence-corrected chi connectivity index (χ3v) is 4.95. The van der Waals surface area contributed by atoms with E-state index in [0.29, 0.717) is 13.1 Å². The summed E-state index contributed by atoms with van der Waals surface area (Å²) in [6.45, 7) is 3.08. The quantitative estimate of drug-likeness (QED) is 0.375. The van der Waals surface area contributed by atoms with Gasteiger partial charge in [-0.15, -0.1) is 0 Å². The molecule has 0 fully saturated rings. The van der Waals surface area contributed by atoms with Crippen LogP contribution in [0.2, 0.25) is 0 Å².